The average Bonchev–Trinajstić information content (AvgIpc) is 2.83. The second-order valence-electron chi connectivity index (χ2n) is 7.67. The first-order valence-electron chi connectivity index (χ1n) is 10.7. The molecule has 4 rings (SSSR count). The van der Waals surface area contributed by atoms with Crippen molar-refractivity contribution in [1.29, 1.82) is 0 Å². The fraction of sp³-hybridized carbons (Fsp3) is 0.185. The van der Waals surface area contributed by atoms with Gasteiger partial charge in [0.2, 0.25) is 0 Å². The maximum Gasteiger partial charge on any atom is 0.258 e. The highest BCUT2D eigenvalue weighted by atomic mass is 16.2. The fourth-order valence-corrected chi connectivity index (χ4v) is 3.95. The van der Waals surface area contributed by atoms with Crippen molar-refractivity contribution in [3.8, 4) is 0 Å². The molecule has 1 aliphatic heterocycles. The molecule has 0 saturated carbocycles. The standard InChI is InChI=1S/C27H26N2O2/c1-2-3-17-25-23(19-26(30)20-12-6-4-7-13-20)28-22-16-10-11-18-24(22)29(25)27(31)21-14-8-5-9-15-21/h4-16,18-19,25,28H,2-3,17H2,1H3. The first kappa shape index (κ1) is 20.6. The summed E-state index contributed by atoms with van der Waals surface area (Å²) in [6.45, 7) is 2.13. The minimum absolute atomic E-state index is 0.0614. The van der Waals surface area contributed by atoms with Gasteiger partial charge in [0.25, 0.3) is 5.91 Å². The van der Waals surface area contributed by atoms with E-state index in [2.05, 4.69) is 12.2 Å². The van der Waals surface area contributed by atoms with Crippen molar-refractivity contribution in [2.45, 2.75) is 32.2 Å². The summed E-state index contributed by atoms with van der Waals surface area (Å²) in [6, 6.07) is 26.1. The van der Waals surface area contributed by atoms with Crippen LogP contribution in [0.2, 0.25) is 0 Å². The summed E-state index contributed by atoms with van der Waals surface area (Å²) >= 11 is 0. The van der Waals surface area contributed by atoms with Crippen molar-refractivity contribution in [2.75, 3.05) is 10.2 Å². The number of hydrogen-bond acceptors (Lipinski definition) is 3. The van der Waals surface area contributed by atoms with Crippen LogP contribution in [0.4, 0.5) is 11.4 Å². The molecule has 1 heterocycles. The second-order valence-corrected chi connectivity index (χ2v) is 7.67. The van der Waals surface area contributed by atoms with Crippen LogP contribution in [0.25, 0.3) is 0 Å². The van der Waals surface area contributed by atoms with Crippen molar-refractivity contribution in [3.05, 3.63) is 108 Å². The molecular formula is C27H26N2O2. The number of hydrogen-bond donors (Lipinski definition) is 1. The van der Waals surface area contributed by atoms with Gasteiger partial charge in [0.1, 0.15) is 0 Å². The smallest absolute Gasteiger partial charge is 0.258 e. The van der Waals surface area contributed by atoms with Crippen LogP contribution in [-0.2, 0) is 0 Å². The lowest BCUT2D eigenvalue weighted by Gasteiger charge is -2.39. The van der Waals surface area contributed by atoms with Gasteiger partial charge in [0.05, 0.1) is 17.4 Å². The van der Waals surface area contributed by atoms with E-state index in [4.69, 9.17) is 0 Å². The first-order valence-corrected chi connectivity index (χ1v) is 10.7. The zero-order chi connectivity index (χ0) is 21.6. The van der Waals surface area contributed by atoms with E-state index in [0.29, 0.717) is 11.1 Å². The third-order valence-corrected chi connectivity index (χ3v) is 5.53. The zero-order valence-electron chi connectivity index (χ0n) is 17.6. The van der Waals surface area contributed by atoms with Crippen LogP contribution in [0, 0.1) is 0 Å². The number of allylic oxidation sites excluding steroid dienone is 1. The third kappa shape index (κ3) is 4.43. The molecular weight excluding hydrogens is 384 g/mol. The van der Waals surface area contributed by atoms with Gasteiger partial charge in [-0.15, -0.1) is 0 Å². The highest BCUT2D eigenvalue weighted by Crippen LogP contribution is 2.38. The summed E-state index contributed by atoms with van der Waals surface area (Å²) in [6.07, 6.45) is 4.37. The van der Waals surface area contributed by atoms with E-state index in [1.165, 1.54) is 0 Å². The average molecular weight is 411 g/mol. The molecule has 0 radical (unpaired) electrons. The molecule has 0 spiro atoms. The van der Waals surface area contributed by atoms with Gasteiger partial charge in [0, 0.05) is 22.9 Å². The number of amides is 1. The summed E-state index contributed by atoms with van der Waals surface area (Å²) in [7, 11) is 0. The van der Waals surface area contributed by atoms with E-state index < -0.39 is 0 Å². The van der Waals surface area contributed by atoms with E-state index in [9.17, 15) is 9.59 Å². The number of para-hydroxylation sites is 2. The van der Waals surface area contributed by atoms with Gasteiger partial charge in [-0.1, -0.05) is 80.4 Å². The Morgan fingerprint density at radius 2 is 1.48 bits per heavy atom. The number of nitrogens with one attached hydrogen (secondary N) is 1. The molecule has 31 heavy (non-hydrogen) atoms. The molecule has 0 saturated heterocycles. The largest absolute Gasteiger partial charge is 0.355 e. The summed E-state index contributed by atoms with van der Waals surface area (Å²) in [5, 5.41) is 3.44. The minimum Gasteiger partial charge on any atom is -0.355 e. The molecule has 0 aromatic heterocycles. The minimum atomic E-state index is -0.241. The van der Waals surface area contributed by atoms with Crippen molar-refractivity contribution in [3.63, 3.8) is 0 Å². The Kier molecular flexibility index (Phi) is 6.27. The van der Waals surface area contributed by atoms with Gasteiger partial charge in [-0.3, -0.25) is 14.5 Å². The van der Waals surface area contributed by atoms with Crippen LogP contribution >= 0.6 is 0 Å². The lowest BCUT2D eigenvalue weighted by molar-refractivity contribution is 0.0975. The van der Waals surface area contributed by atoms with E-state index in [1.807, 2.05) is 89.8 Å². The number of ketones is 1. The SMILES string of the molecule is CCCCC1C(=CC(=O)c2ccccc2)Nc2ccccc2N1C(=O)c1ccccc1. The van der Waals surface area contributed by atoms with Gasteiger partial charge >= 0.3 is 0 Å². The predicted molar refractivity (Wildman–Crippen MR) is 125 cm³/mol. The molecule has 156 valence electrons. The number of carbonyl (C=O) groups excluding carboxylic acids is 2. The zero-order valence-corrected chi connectivity index (χ0v) is 17.6. The van der Waals surface area contributed by atoms with E-state index >= 15 is 0 Å². The van der Waals surface area contributed by atoms with Crippen LogP contribution in [-0.4, -0.2) is 17.7 Å². The Labute approximate surface area is 183 Å². The Balaban J connectivity index is 1.80. The molecule has 4 nitrogen and oxygen atoms in total. The number of fused-ring (bicyclic) bond motifs is 1. The van der Waals surface area contributed by atoms with Gasteiger partial charge in [-0.25, -0.2) is 0 Å². The Morgan fingerprint density at radius 3 is 2.16 bits per heavy atom. The van der Waals surface area contributed by atoms with Crippen molar-refractivity contribution < 1.29 is 9.59 Å². The number of carbonyl (C=O) groups is 2. The Bertz CT molecular complexity index is 1090. The van der Waals surface area contributed by atoms with E-state index in [1.54, 1.807) is 6.08 Å². The summed E-state index contributed by atoms with van der Waals surface area (Å²) < 4.78 is 0. The summed E-state index contributed by atoms with van der Waals surface area (Å²) in [4.78, 5) is 28.4. The van der Waals surface area contributed by atoms with E-state index in [-0.39, 0.29) is 17.7 Å². The van der Waals surface area contributed by atoms with Crippen molar-refractivity contribution in [2.24, 2.45) is 0 Å². The molecule has 1 N–H and O–H groups in total. The molecule has 3 aromatic rings. The van der Waals surface area contributed by atoms with Crippen molar-refractivity contribution >= 4 is 23.1 Å². The summed E-state index contributed by atoms with van der Waals surface area (Å²) in [5.74, 6) is -0.134. The maximum absolute atomic E-state index is 13.6. The molecule has 3 aromatic carbocycles. The molecule has 1 atom stereocenters. The number of nitrogens with zero attached hydrogens (tertiary/aromatic N) is 1. The fourth-order valence-electron chi connectivity index (χ4n) is 3.95. The molecule has 1 aliphatic rings. The molecule has 4 heteroatoms. The molecule has 0 aliphatic carbocycles. The van der Waals surface area contributed by atoms with Crippen LogP contribution in [0.15, 0.2) is 96.7 Å². The highest BCUT2D eigenvalue weighted by Gasteiger charge is 2.34. The maximum atomic E-state index is 13.6. The van der Waals surface area contributed by atoms with E-state index in [0.717, 1.165) is 36.3 Å². The Morgan fingerprint density at radius 1 is 0.871 bits per heavy atom. The van der Waals surface area contributed by atoms with Gasteiger partial charge in [-0.05, 0) is 30.7 Å². The lowest BCUT2D eigenvalue weighted by atomic mass is 9.96. The van der Waals surface area contributed by atoms with Gasteiger partial charge < -0.3 is 5.32 Å². The molecule has 0 fully saturated rings. The molecule has 1 unspecified atom stereocenters. The van der Waals surface area contributed by atoms with Crippen LogP contribution in [0.1, 0.15) is 46.9 Å². The number of unbranched alkanes of at least 4 members (excludes halogenated alkanes) is 1. The number of benzene rings is 3. The Hall–Kier alpha value is -3.66. The second kappa shape index (κ2) is 9.43. The van der Waals surface area contributed by atoms with Crippen molar-refractivity contribution in [1.82, 2.24) is 0 Å². The lowest BCUT2D eigenvalue weighted by Crippen LogP contribution is -2.46. The van der Waals surface area contributed by atoms with Crippen LogP contribution in [0.3, 0.4) is 0 Å². The normalized spacial score (nSPS) is 16.5. The quantitative estimate of drug-likeness (QED) is 0.395. The van der Waals surface area contributed by atoms with Gasteiger partial charge in [0.15, 0.2) is 5.78 Å². The number of rotatable bonds is 6. The summed E-state index contributed by atoms with van der Waals surface area (Å²) in [5.41, 5.74) is 3.68. The van der Waals surface area contributed by atoms with Crippen LogP contribution < -0.4 is 10.2 Å². The van der Waals surface area contributed by atoms with Crippen LogP contribution in [0.5, 0.6) is 0 Å². The predicted octanol–water partition coefficient (Wildman–Crippen LogP) is 6.08. The monoisotopic (exact) mass is 410 g/mol. The molecule has 0 bridgehead atoms. The number of anilines is 2. The topological polar surface area (TPSA) is 49.4 Å². The third-order valence-electron chi connectivity index (χ3n) is 5.53. The first-order chi connectivity index (χ1) is 15.2. The molecule has 1 amide bonds. The highest BCUT2D eigenvalue weighted by molar-refractivity contribution is 6.10. The van der Waals surface area contributed by atoms with Gasteiger partial charge in [-0.2, -0.15) is 0 Å².